The van der Waals surface area contributed by atoms with Gasteiger partial charge < -0.3 is 5.32 Å². The highest BCUT2D eigenvalue weighted by atomic mass is 35.5. The van der Waals surface area contributed by atoms with E-state index in [1.54, 1.807) is 24.3 Å². The van der Waals surface area contributed by atoms with Crippen molar-refractivity contribution in [3.63, 3.8) is 0 Å². The minimum atomic E-state index is -0.858. The summed E-state index contributed by atoms with van der Waals surface area (Å²) in [7, 11) is 1.42. The van der Waals surface area contributed by atoms with Gasteiger partial charge >= 0.3 is 6.03 Å². The van der Waals surface area contributed by atoms with Crippen molar-refractivity contribution in [2.45, 2.75) is 5.38 Å². The van der Waals surface area contributed by atoms with Gasteiger partial charge in [-0.2, -0.15) is 0 Å². The molecule has 0 aromatic heterocycles. The molecule has 1 atom stereocenters. The van der Waals surface area contributed by atoms with E-state index in [-0.39, 0.29) is 0 Å². The molecule has 1 aromatic carbocycles. The number of benzene rings is 1. The van der Waals surface area contributed by atoms with Gasteiger partial charge in [-0.3, -0.25) is 10.1 Å². The van der Waals surface area contributed by atoms with Crippen molar-refractivity contribution in [2.24, 2.45) is 0 Å². The summed E-state index contributed by atoms with van der Waals surface area (Å²) >= 11 is 5.87. The van der Waals surface area contributed by atoms with Crippen LogP contribution in [0.25, 0.3) is 0 Å². The van der Waals surface area contributed by atoms with Crippen LogP contribution in [-0.4, -0.2) is 19.0 Å². The zero-order valence-corrected chi connectivity index (χ0v) is 8.91. The lowest BCUT2D eigenvalue weighted by Crippen LogP contribution is -2.39. The second kappa shape index (κ2) is 5.36. The molecule has 3 amide bonds. The number of urea groups is 1. The average Bonchev–Trinajstić information content (AvgIpc) is 2.29. The molecule has 0 unspecified atom stereocenters. The largest absolute Gasteiger partial charge is 0.341 e. The molecule has 5 heteroatoms. The van der Waals surface area contributed by atoms with Crippen molar-refractivity contribution >= 4 is 23.5 Å². The second-order valence-electron chi connectivity index (χ2n) is 2.84. The van der Waals surface area contributed by atoms with Gasteiger partial charge in [-0.05, 0) is 5.56 Å². The third kappa shape index (κ3) is 3.25. The van der Waals surface area contributed by atoms with E-state index >= 15 is 0 Å². The summed E-state index contributed by atoms with van der Waals surface area (Å²) in [4.78, 5) is 22.3. The molecule has 0 fully saturated rings. The molecular formula is C10H11ClN2O2. The van der Waals surface area contributed by atoms with Crippen molar-refractivity contribution in [1.29, 1.82) is 0 Å². The summed E-state index contributed by atoms with van der Waals surface area (Å²) in [5.74, 6) is -0.540. The van der Waals surface area contributed by atoms with E-state index in [1.165, 1.54) is 7.05 Å². The standard InChI is InChI=1S/C10H11ClN2O2/c1-12-10(15)13-9(14)8(11)7-5-3-2-4-6-7/h2-6,8H,1H3,(H2,12,13,14,15)/t8-/m0/s1. The molecular weight excluding hydrogens is 216 g/mol. The monoisotopic (exact) mass is 226 g/mol. The molecule has 0 heterocycles. The predicted octanol–water partition coefficient (Wildman–Crippen LogP) is 1.42. The topological polar surface area (TPSA) is 58.2 Å². The van der Waals surface area contributed by atoms with E-state index in [9.17, 15) is 9.59 Å². The van der Waals surface area contributed by atoms with Crippen LogP contribution < -0.4 is 10.6 Å². The van der Waals surface area contributed by atoms with Gasteiger partial charge in [-0.1, -0.05) is 30.3 Å². The Kier molecular flexibility index (Phi) is 4.12. The third-order valence-electron chi connectivity index (χ3n) is 1.79. The van der Waals surface area contributed by atoms with Crippen LogP contribution in [0.2, 0.25) is 0 Å². The predicted molar refractivity (Wildman–Crippen MR) is 57.6 cm³/mol. The Bertz CT molecular complexity index is 354. The van der Waals surface area contributed by atoms with Crippen LogP contribution in [0.5, 0.6) is 0 Å². The summed E-state index contributed by atoms with van der Waals surface area (Å²) in [5.41, 5.74) is 0.653. The fourth-order valence-corrected chi connectivity index (χ4v) is 1.21. The van der Waals surface area contributed by atoms with Crippen LogP contribution in [0, 0.1) is 0 Å². The Morgan fingerprint density at radius 3 is 2.40 bits per heavy atom. The van der Waals surface area contributed by atoms with E-state index in [0.717, 1.165) is 0 Å². The number of halogens is 1. The van der Waals surface area contributed by atoms with E-state index in [4.69, 9.17) is 11.6 Å². The van der Waals surface area contributed by atoms with Crippen molar-refractivity contribution < 1.29 is 9.59 Å². The summed E-state index contributed by atoms with van der Waals surface area (Å²) in [5, 5.41) is 3.52. The Hall–Kier alpha value is -1.55. The minimum Gasteiger partial charge on any atom is -0.341 e. The molecule has 15 heavy (non-hydrogen) atoms. The maximum Gasteiger partial charge on any atom is 0.321 e. The number of rotatable bonds is 2. The Balaban J connectivity index is 2.65. The second-order valence-corrected chi connectivity index (χ2v) is 3.28. The third-order valence-corrected chi connectivity index (χ3v) is 2.24. The van der Waals surface area contributed by atoms with Gasteiger partial charge in [0.15, 0.2) is 0 Å². The zero-order valence-electron chi connectivity index (χ0n) is 8.16. The van der Waals surface area contributed by atoms with Crippen LogP contribution in [0.1, 0.15) is 10.9 Å². The van der Waals surface area contributed by atoms with Crippen LogP contribution in [0.15, 0.2) is 30.3 Å². The Morgan fingerprint density at radius 1 is 1.27 bits per heavy atom. The smallest absolute Gasteiger partial charge is 0.321 e. The molecule has 0 aliphatic carbocycles. The van der Waals surface area contributed by atoms with Gasteiger partial charge in [-0.15, -0.1) is 11.6 Å². The number of imide groups is 1. The average molecular weight is 227 g/mol. The van der Waals surface area contributed by atoms with Gasteiger partial charge in [0.1, 0.15) is 5.38 Å². The number of amides is 3. The zero-order chi connectivity index (χ0) is 11.3. The lowest BCUT2D eigenvalue weighted by molar-refractivity contribution is -0.119. The number of nitrogens with one attached hydrogen (secondary N) is 2. The molecule has 0 bridgehead atoms. The molecule has 0 saturated carbocycles. The summed E-state index contributed by atoms with van der Waals surface area (Å²) in [6.45, 7) is 0. The molecule has 1 aromatic rings. The maximum atomic E-state index is 11.4. The fraction of sp³-hybridized carbons (Fsp3) is 0.200. The number of carbonyl (C=O) groups excluding carboxylic acids is 2. The number of hydrogen-bond donors (Lipinski definition) is 2. The van der Waals surface area contributed by atoms with Crippen molar-refractivity contribution in [3.8, 4) is 0 Å². The highest BCUT2D eigenvalue weighted by Gasteiger charge is 2.18. The van der Waals surface area contributed by atoms with Crippen molar-refractivity contribution in [2.75, 3.05) is 7.05 Å². The summed E-state index contributed by atoms with van der Waals surface area (Å²) in [6.07, 6.45) is 0. The quantitative estimate of drug-likeness (QED) is 0.750. The Morgan fingerprint density at radius 2 is 1.87 bits per heavy atom. The first-order valence-electron chi connectivity index (χ1n) is 4.36. The Labute approximate surface area is 92.6 Å². The molecule has 0 aliphatic heterocycles. The van der Waals surface area contributed by atoms with Crippen LogP contribution in [0.4, 0.5) is 4.79 Å². The normalized spacial score (nSPS) is 11.6. The van der Waals surface area contributed by atoms with Crippen LogP contribution >= 0.6 is 11.6 Å². The van der Waals surface area contributed by atoms with Gasteiger partial charge in [0.25, 0.3) is 5.91 Å². The molecule has 1 rings (SSSR count). The number of hydrogen-bond acceptors (Lipinski definition) is 2. The van der Waals surface area contributed by atoms with E-state index in [0.29, 0.717) is 5.56 Å². The van der Waals surface area contributed by atoms with Gasteiger partial charge in [-0.25, -0.2) is 4.79 Å². The highest BCUT2D eigenvalue weighted by molar-refractivity contribution is 6.31. The number of carbonyl (C=O) groups is 2. The first-order valence-corrected chi connectivity index (χ1v) is 4.80. The maximum absolute atomic E-state index is 11.4. The van der Waals surface area contributed by atoms with Crippen molar-refractivity contribution in [3.05, 3.63) is 35.9 Å². The van der Waals surface area contributed by atoms with E-state index in [1.807, 2.05) is 6.07 Å². The molecule has 0 radical (unpaired) electrons. The van der Waals surface area contributed by atoms with E-state index in [2.05, 4.69) is 10.6 Å². The molecule has 80 valence electrons. The van der Waals surface area contributed by atoms with Crippen LogP contribution in [0.3, 0.4) is 0 Å². The molecule has 0 aliphatic rings. The van der Waals surface area contributed by atoms with E-state index < -0.39 is 17.3 Å². The lowest BCUT2D eigenvalue weighted by atomic mass is 10.1. The molecule has 0 saturated heterocycles. The first kappa shape index (κ1) is 11.5. The van der Waals surface area contributed by atoms with Gasteiger partial charge in [0.2, 0.25) is 0 Å². The first-order chi connectivity index (χ1) is 7.15. The van der Waals surface area contributed by atoms with Gasteiger partial charge in [0.05, 0.1) is 0 Å². The fourth-order valence-electron chi connectivity index (χ4n) is 1.01. The SMILES string of the molecule is CNC(=O)NC(=O)[C@@H](Cl)c1ccccc1. The van der Waals surface area contributed by atoms with Gasteiger partial charge in [0, 0.05) is 7.05 Å². The van der Waals surface area contributed by atoms with Crippen molar-refractivity contribution in [1.82, 2.24) is 10.6 Å². The summed E-state index contributed by atoms with van der Waals surface area (Å²) in [6, 6.07) is 8.25. The highest BCUT2D eigenvalue weighted by Crippen LogP contribution is 2.19. The molecule has 0 spiro atoms. The number of alkyl halides is 1. The molecule has 2 N–H and O–H groups in total. The molecule has 4 nitrogen and oxygen atoms in total. The summed E-state index contributed by atoms with van der Waals surface area (Å²) < 4.78 is 0. The minimum absolute atomic E-state index is 0.540. The van der Waals surface area contributed by atoms with Crippen LogP contribution in [-0.2, 0) is 4.79 Å². The lowest BCUT2D eigenvalue weighted by Gasteiger charge is -2.09.